The Morgan fingerprint density at radius 3 is 2.00 bits per heavy atom. The van der Waals surface area contributed by atoms with Crippen LogP contribution in [0.4, 0.5) is 0 Å². The largest absolute Gasteiger partial charge is 0.469 e. The third kappa shape index (κ3) is 4.80. The fourth-order valence-corrected chi connectivity index (χ4v) is 0.742. The number of hydrogen-bond donors (Lipinski definition) is 0. The second-order valence-corrected chi connectivity index (χ2v) is 2.44. The summed E-state index contributed by atoms with van der Waals surface area (Å²) < 4.78 is 13.0. The Morgan fingerprint density at radius 1 is 1.00 bits per heavy atom. The van der Waals surface area contributed by atoms with Crippen molar-refractivity contribution in [2.24, 2.45) is 0 Å². The fourth-order valence-electron chi connectivity index (χ4n) is 0.742. The van der Waals surface area contributed by atoms with Gasteiger partial charge in [-0.15, -0.1) is 0 Å². The van der Waals surface area contributed by atoms with Gasteiger partial charge in [0.15, 0.2) is 0 Å². The van der Waals surface area contributed by atoms with Crippen molar-refractivity contribution in [2.75, 3.05) is 21.3 Å². The van der Waals surface area contributed by atoms with Gasteiger partial charge in [-0.05, 0) is 0 Å². The molecule has 0 saturated carbocycles. The molecule has 0 amide bonds. The van der Waals surface area contributed by atoms with Crippen LogP contribution in [0.15, 0.2) is 11.6 Å². The summed E-state index contributed by atoms with van der Waals surface area (Å²) in [5, 5.41) is 0. The highest BCUT2D eigenvalue weighted by atomic mass is 16.5. The van der Waals surface area contributed by atoms with Gasteiger partial charge < -0.3 is 14.2 Å². The van der Waals surface area contributed by atoms with Crippen molar-refractivity contribution < 1.29 is 28.6 Å². The van der Waals surface area contributed by atoms with Gasteiger partial charge in [0.05, 0.1) is 33.3 Å². The van der Waals surface area contributed by atoms with Crippen LogP contribution >= 0.6 is 0 Å². The number of carbonyl (C=O) groups is 3. The summed E-state index contributed by atoms with van der Waals surface area (Å²) in [4.78, 5) is 32.9. The Labute approximate surface area is 86.8 Å². The van der Waals surface area contributed by atoms with Gasteiger partial charge >= 0.3 is 17.9 Å². The normalized spacial score (nSPS) is 10.5. The number of esters is 3. The van der Waals surface area contributed by atoms with Crippen LogP contribution in [0, 0.1) is 0 Å². The average Bonchev–Trinajstić information content (AvgIpc) is 2.26. The van der Waals surface area contributed by atoms with Gasteiger partial charge in [-0.1, -0.05) is 0 Å². The number of methoxy groups -OCH3 is 3. The van der Waals surface area contributed by atoms with Gasteiger partial charge in [0.2, 0.25) is 0 Å². The monoisotopic (exact) mass is 216 g/mol. The van der Waals surface area contributed by atoms with Crippen LogP contribution < -0.4 is 0 Å². The molecule has 0 atom stereocenters. The highest BCUT2D eigenvalue weighted by Crippen LogP contribution is 2.05. The molecule has 84 valence electrons. The van der Waals surface area contributed by atoms with Crippen molar-refractivity contribution in [2.45, 2.75) is 6.42 Å². The standard InChI is InChI=1S/C9H12O6/c1-13-7(10)4-6(9(12)15-3)5-8(11)14-2/h4H,5H2,1-3H3. The van der Waals surface area contributed by atoms with Crippen LogP contribution in [0.25, 0.3) is 0 Å². The maximum absolute atomic E-state index is 11.1. The Bertz CT molecular complexity index is 291. The van der Waals surface area contributed by atoms with E-state index in [4.69, 9.17) is 0 Å². The molecule has 0 fully saturated rings. The second-order valence-electron chi connectivity index (χ2n) is 2.44. The molecule has 0 saturated heterocycles. The number of rotatable bonds is 4. The summed E-state index contributed by atoms with van der Waals surface area (Å²) in [6, 6.07) is 0. The summed E-state index contributed by atoms with van der Waals surface area (Å²) in [6.07, 6.45) is 0.557. The van der Waals surface area contributed by atoms with Crippen LogP contribution in [-0.2, 0) is 28.6 Å². The lowest BCUT2D eigenvalue weighted by Crippen LogP contribution is -2.13. The number of carbonyl (C=O) groups excluding carboxylic acids is 3. The van der Waals surface area contributed by atoms with Gasteiger partial charge in [0.25, 0.3) is 0 Å². The highest BCUT2D eigenvalue weighted by Gasteiger charge is 2.16. The van der Waals surface area contributed by atoms with E-state index >= 15 is 0 Å². The van der Waals surface area contributed by atoms with Crippen molar-refractivity contribution in [3.8, 4) is 0 Å². The molecule has 0 rings (SSSR count). The zero-order valence-corrected chi connectivity index (χ0v) is 8.73. The minimum absolute atomic E-state index is 0.115. The molecule has 0 spiro atoms. The summed E-state index contributed by atoms with van der Waals surface area (Å²) in [7, 11) is 3.48. The smallest absolute Gasteiger partial charge is 0.334 e. The van der Waals surface area contributed by atoms with Crippen LogP contribution in [0.2, 0.25) is 0 Å². The molecule has 0 aliphatic heterocycles. The Hall–Kier alpha value is -1.85. The second kappa shape index (κ2) is 6.58. The van der Waals surface area contributed by atoms with E-state index in [9.17, 15) is 14.4 Å². The van der Waals surface area contributed by atoms with E-state index < -0.39 is 17.9 Å². The van der Waals surface area contributed by atoms with Crippen LogP contribution in [0.1, 0.15) is 6.42 Å². The molecule has 6 heteroatoms. The van der Waals surface area contributed by atoms with E-state index in [2.05, 4.69) is 14.2 Å². The molecule has 0 N–H and O–H groups in total. The molecule has 0 unspecified atom stereocenters. The average molecular weight is 216 g/mol. The fraction of sp³-hybridized carbons (Fsp3) is 0.444. The summed E-state index contributed by atoms with van der Waals surface area (Å²) in [6.45, 7) is 0. The van der Waals surface area contributed by atoms with E-state index in [0.717, 1.165) is 20.3 Å². The van der Waals surface area contributed by atoms with Crippen LogP contribution in [-0.4, -0.2) is 39.2 Å². The van der Waals surface area contributed by atoms with Gasteiger partial charge in [0.1, 0.15) is 0 Å². The van der Waals surface area contributed by atoms with Crippen LogP contribution in [0.3, 0.4) is 0 Å². The van der Waals surface area contributed by atoms with Crippen molar-refractivity contribution >= 4 is 17.9 Å². The quantitative estimate of drug-likeness (QED) is 0.368. The van der Waals surface area contributed by atoms with E-state index in [1.807, 2.05) is 0 Å². The first-order valence-corrected chi connectivity index (χ1v) is 3.98. The molecule has 0 heterocycles. The van der Waals surface area contributed by atoms with Gasteiger partial charge in [-0.2, -0.15) is 0 Å². The third-order valence-electron chi connectivity index (χ3n) is 1.50. The molecule has 0 aliphatic carbocycles. The van der Waals surface area contributed by atoms with Crippen LogP contribution in [0.5, 0.6) is 0 Å². The Kier molecular flexibility index (Phi) is 5.77. The summed E-state index contributed by atoms with van der Waals surface area (Å²) >= 11 is 0. The van der Waals surface area contributed by atoms with Gasteiger partial charge in [-0.25, -0.2) is 9.59 Å². The molecule has 0 aliphatic rings. The lowest BCUT2D eigenvalue weighted by atomic mass is 10.2. The molecule has 6 nitrogen and oxygen atoms in total. The topological polar surface area (TPSA) is 78.9 Å². The first-order chi connectivity index (χ1) is 7.04. The van der Waals surface area contributed by atoms with E-state index in [1.165, 1.54) is 7.11 Å². The predicted octanol–water partition coefficient (Wildman–Crippen LogP) is -0.178. The van der Waals surface area contributed by atoms with Crippen molar-refractivity contribution in [3.63, 3.8) is 0 Å². The predicted molar refractivity (Wildman–Crippen MR) is 48.7 cm³/mol. The SMILES string of the molecule is COC(=O)C=C(CC(=O)OC)C(=O)OC. The minimum Gasteiger partial charge on any atom is -0.469 e. The van der Waals surface area contributed by atoms with Gasteiger partial charge in [-0.3, -0.25) is 4.79 Å². The highest BCUT2D eigenvalue weighted by molar-refractivity contribution is 5.99. The molecular weight excluding hydrogens is 204 g/mol. The molecular formula is C9H12O6. The number of hydrogen-bond acceptors (Lipinski definition) is 6. The molecule has 15 heavy (non-hydrogen) atoms. The third-order valence-corrected chi connectivity index (χ3v) is 1.50. The van der Waals surface area contributed by atoms with E-state index in [0.29, 0.717) is 0 Å². The summed E-state index contributed by atoms with van der Waals surface area (Å²) in [5.41, 5.74) is -0.115. The van der Waals surface area contributed by atoms with E-state index in [-0.39, 0.29) is 12.0 Å². The Morgan fingerprint density at radius 2 is 1.60 bits per heavy atom. The Balaban J connectivity index is 4.73. The number of ether oxygens (including phenoxy) is 3. The first-order valence-electron chi connectivity index (χ1n) is 3.98. The molecule has 0 aromatic heterocycles. The maximum Gasteiger partial charge on any atom is 0.334 e. The lowest BCUT2D eigenvalue weighted by Gasteiger charge is -2.03. The molecule has 0 radical (unpaired) electrons. The first kappa shape index (κ1) is 13.2. The minimum atomic E-state index is -0.772. The lowest BCUT2D eigenvalue weighted by molar-refractivity contribution is -0.143. The maximum atomic E-state index is 11.1. The molecule has 0 aromatic rings. The van der Waals surface area contributed by atoms with E-state index in [1.54, 1.807) is 0 Å². The zero-order valence-electron chi connectivity index (χ0n) is 8.73. The van der Waals surface area contributed by atoms with Crippen molar-refractivity contribution in [1.29, 1.82) is 0 Å². The van der Waals surface area contributed by atoms with Gasteiger partial charge in [0, 0.05) is 6.08 Å². The molecule has 0 aromatic carbocycles. The molecule has 0 bridgehead atoms. The van der Waals surface area contributed by atoms with Crippen molar-refractivity contribution in [3.05, 3.63) is 11.6 Å². The summed E-state index contributed by atoms with van der Waals surface area (Å²) in [5.74, 6) is -2.15. The van der Waals surface area contributed by atoms with Crippen molar-refractivity contribution in [1.82, 2.24) is 0 Å². The zero-order chi connectivity index (χ0) is 11.8.